The van der Waals surface area contributed by atoms with Gasteiger partial charge in [0.15, 0.2) is 9.84 Å². The van der Waals surface area contributed by atoms with Crippen LogP contribution in [0.25, 0.3) is 0 Å². The molecule has 0 spiro atoms. The molecule has 0 radical (unpaired) electrons. The van der Waals surface area contributed by atoms with Gasteiger partial charge < -0.3 is 10.0 Å². The molecule has 1 aromatic carbocycles. The summed E-state index contributed by atoms with van der Waals surface area (Å²) in [6.45, 7) is 3.21. The van der Waals surface area contributed by atoms with Gasteiger partial charge in [0.1, 0.15) is 0 Å². The molecule has 0 amide bonds. The summed E-state index contributed by atoms with van der Waals surface area (Å²) in [5, 5.41) is 17.7. The highest BCUT2D eigenvalue weighted by molar-refractivity contribution is 7.91. The summed E-state index contributed by atoms with van der Waals surface area (Å²) in [4.78, 5) is 0. The smallest absolute Gasteiger partial charge is 0.423 e. The van der Waals surface area contributed by atoms with E-state index in [2.05, 4.69) is 0 Å². The Kier molecular flexibility index (Phi) is 4.12. The third-order valence-electron chi connectivity index (χ3n) is 2.41. The third kappa shape index (κ3) is 3.07. The molecule has 0 aliphatic rings. The van der Waals surface area contributed by atoms with Crippen LogP contribution in [-0.2, 0) is 15.6 Å². The fraction of sp³-hybridized carbons (Fsp3) is 0.400. The zero-order chi connectivity index (χ0) is 12.3. The first kappa shape index (κ1) is 13.2. The topological polar surface area (TPSA) is 74.6 Å². The van der Waals surface area contributed by atoms with E-state index in [1.165, 1.54) is 6.07 Å². The maximum atomic E-state index is 11.7. The van der Waals surface area contributed by atoms with E-state index in [0.717, 1.165) is 0 Å². The van der Waals surface area contributed by atoms with Crippen molar-refractivity contribution in [1.82, 2.24) is 0 Å². The Morgan fingerprint density at radius 3 is 2.31 bits per heavy atom. The minimum absolute atomic E-state index is 0.168. The van der Waals surface area contributed by atoms with E-state index in [1.54, 1.807) is 32.0 Å². The van der Waals surface area contributed by atoms with Crippen LogP contribution >= 0.6 is 0 Å². The van der Waals surface area contributed by atoms with Gasteiger partial charge in [-0.05, 0) is 24.9 Å². The first-order valence-corrected chi connectivity index (χ1v) is 6.71. The molecular weight excluding hydrogens is 227 g/mol. The van der Waals surface area contributed by atoms with Crippen LogP contribution in [0.2, 0.25) is 0 Å². The van der Waals surface area contributed by atoms with Crippen LogP contribution in [0, 0.1) is 0 Å². The van der Waals surface area contributed by atoms with E-state index >= 15 is 0 Å². The quantitative estimate of drug-likeness (QED) is 0.710. The van der Waals surface area contributed by atoms with E-state index < -0.39 is 22.2 Å². The average molecular weight is 242 g/mol. The fourth-order valence-corrected chi connectivity index (χ4v) is 2.33. The van der Waals surface area contributed by atoms with Crippen molar-refractivity contribution in [3.05, 3.63) is 29.8 Å². The van der Waals surface area contributed by atoms with Crippen molar-refractivity contribution in [2.24, 2.45) is 0 Å². The van der Waals surface area contributed by atoms with Gasteiger partial charge in [-0.15, -0.1) is 0 Å². The molecule has 88 valence electrons. The maximum absolute atomic E-state index is 11.7. The Bertz CT molecular complexity index is 454. The van der Waals surface area contributed by atoms with E-state index in [9.17, 15) is 8.42 Å². The number of hydrogen-bond acceptors (Lipinski definition) is 4. The average Bonchev–Trinajstić information content (AvgIpc) is 2.17. The largest absolute Gasteiger partial charge is 0.488 e. The van der Waals surface area contributed by atoms with E-state index in [0.29, 0.717) is 5.56 Å². The summed E-state index contributed by atoms with van der Waals surface area (Å²) in [7, 11) is -4.87. The highest BCUT2D eigenvalue weighted by Gasteiger charge is 2.22. The van der Waals surface area contributed by atoms with E-state index in [-0.39, 0.29) is 11.2 Å². The highest BCUT2D eigenvalue weighted by Crippen LogP contribution is 2.09. The molecule has 0 saturated carbocycles. The zero-order valence-corrected chi connectivity index (χ0v) is 10.1. The van der Waals surface area contributed by atoms with Gasteiger partial charge >= 0.3 is 7.12 Å². The van der Waals surface area contributed by atoms with Crippen molar-refractivity contribution in [3.63, 3.8) is 0 Å². The summed E-state index contributed by atoms with van der Waals surface area (Å²) in [6, 6.07) is 6.42. The van der Waals surface area contributed by atoms with Crippen LogP contribution in [0.1, 0.15) is 19.4 Å². The van der Waals surface area contributed by atoms with Crippen molar-refractivity contribution in [1.29, 1.82) is 0 Å². The first-order valence-electron chi connectivity index (χ1n) is 5.00. The van der Waals surface area contributed by atoms with Crippen molar-refractivity contribution < 1.29 is 18.5 Å². The molecule has 0 heterocycles. The molecule has 0 atom stereocenters. The minimum atomic E-state index is -3.23. The predicted octanol–water partition coefficient (Wildman–Crippen LogP) is -0.310. The standard InChI is InChI=1S/C10H15BO4S/c1-8(2)16(14,15)7-9-5-3-4-6-10(9)11(12)13/h3-6,8,12-13H,7H2,1-2H3. The van der Waals surface area contributed by atoms with Gasteiger partial charge in [0.05, 0.1) is 11.0 Å². The SMILES string of the molecule is CC(C)S(=O)(=O)Cc1ccccc1B(O)O. The fourth-order valence-electron chi connectivity index (χ4n) is 1.30. The second-order valence-corrected chi connectivity index (χ2v) is 6.49. The molecule has 0 unspecified atom stereocenters. The third-order valence-corrected chi connectivity index (χ3v) is 4.56. The molecule has 1 rings (SSSR count). The Hall–Kier alpha value is -0.845. The monoisotopic (exact) mass is 242 g/mol. The van der Waals surface area contributed by atoms with Crippen LogP contribution in [0.4, 0.5) is 0 Å². The molecule has 1 aromatic rings. The van der Waals surface area contributed by atoms with Crippen LogP contribution in [0.3, 0.4) is 0 Å². The van der Waals surface area contributed by atoms with Crippen LogP contribution < -0.4 is 5.46 Å². The van der Waals surface area contributed by atoms with Gasteiger partial charge in [0, 0.05) is 0 Å². The number of rotatable bonds is 4. The molecular formula is C10H15BO4S. The zero-order valence-electron chi connectivity index (χ0n) is 9.29. The molecule has 4 nitrogen and oxygen atoms in total. The lowest BCUT2D eigenvalue weighted by Gasteiger charge is -2.11. The molecule has 0 saturated heterocycles. The van der Waals surface area contributed by atoms with Gasteiger partial charge in [-0.3, -0.25) is 0 Å². The summed E-state index contributed by atoms with van der Waals surface area (Å²) in [6.07, 6.45) is 0. The van der Waals surface area contributed by atoms with Crippen molar-refractivity contribution in [2.45, 2.75) is 24.9 Å². The lowest BCUT2D eigenvalue weighted by molar-refractivity contribution is 0.425. The van der Waals surface area contributed by atoms with E-state index in [4.69, 9.17) is 10.0 Å². The van der Waals surface area contributed by atoms with Gasteiger partial charge in [-0.25, -0.2) is 8.42 Å². The highest BCUT2D eigenvalue weighted by atomic mass is 32.2. The number of hydrogen-bond donors (Lipinski definition) is 2. The van der Waals surface area contributed by atoms with Gasteiger partial charge in [-0.2, -0.15) is 0 Å². The molecule has 0 aromatic heterocycles. The first-order chi connectivity index (χ1) is 7.34. The molecule has 0 bridgehead atoms. The lowest BCUT2D eigenvalue weighted by atomic mass is 9.77. The summed E-state index contributed by atoms with van der Waals surface area (Å²) < 4.78 is 23.4. The van der Waals surface area contributed by atoms with Gasteiger partial charge in [-0.1, -0.05) is 24.3 Å². The second-order valence-electron chi connectivity index (χ2n) is 3.93. The number of sulfone groups is 1. The molecule has 0 fully saturated rings. The lowest BCUT2D eigenvalue weighted by Crippen LogP contribution is -2.34. The van der Waals surface area contributed by atoms with Crippen molar-refractivity contribution in [2.75, 3.05) is 0 Å². The van der Waals surface area contributed by atoms with Crippen LogP contribution in [0.5, 0.6) is 0 Å². The maximum Gasteiger partial charge on any atom is 0.488 e. The van der Waals surface area contributed by atoms with Crippen LogP contribution in [0.15, 0.2) is 24.3 Å². The molecule has 2 N–H and O–H groups in total. The Morgan fingerprint density at radius 2 is 1.81 bits per heavy atom. The Morgan fingerprint density at radius 1 is 1.25 bits per heavy atom. The van der Waals surface area contributed by atoms with Crippen LogP contribution in [-0.4, -0.2) is 30.8 Å². The van der Waals surface area contributed by atoms with Gasteiger partial charge in [0.25, 0.3) is 0 Å². The van der Waals surface area contributed by atoms with Crippen molar-refractivity contribution >= 4 is 22.4 Å². The molecule has 0 aliphatic carbocycles. The van der Waals surface area contributed by atoms with Gasteiger partial charge in [0.2, 0.25) is 0 Å². The molecule has 16 heavy (non-hydrogen) atoms. The van der Waals surface area contributed by atoms with E-state index in [1.807, 2.05) is 0 Å². The number of benzene rings is 1. The summed E-state index contributed by atoms with van der Waals surface area (Å²) in [5.74, 6) is -0.168. The Labute approximate surface area is 96.0 Å². The second kappa shape index (κ2) is 4.99. The molecule has 0 aliphatic heterocycles. The minimum Gasteiger partial charge on any atom is -0.423 e. The summed E-state index contributed by atoms with van der Waals surface area (Å²) >= 11 is 0. The normalized spacial score (nSPS) is 11.8. The summed E-state index contributed by atoms with van der Waals surface area (Å²) in [5.41, 5.74) is 0.679. The molecule has 6 heteroatoms. The predicted molar refractivity (Wildman–Crippen MR) is 64.0 cm³/mol. The Balaban J connectivity index is 3.07. The van der Waals surface area contributed by atoms with Crippen molar-refractivity contribution in [3.8, 4) is 0 Å².